The molecule has 2 saturated heterocycles. The minimum atomic E-state index is -2.71. The van der Waals surface area contributed by atoms with E-state index in [1.54, 1.807) is 9.80 Å². The Hall–Kier alpha value is -1.80. The van der Waals surface area contributed by atoms with Gasteiger partial charge in [0.15, 0.2) is 6.61 Å². The first-order valence-electron chi connectivity index (χ1n) is 8.75. The Morgan fingerprint density at radius 1 is 1.27 bits per heavy atom. The normalized spacial score (nSPS) is 23.1. The molecule has 144 valence electrons. The topological polar surface area (TPSA) is 42.0 Å². The number of carbonyl (C=O) groups is 1. The highest BCUT2D eigenvalue weighted by molar-refractivity contribution is 5.78. The lowest BCUT2D eigenvalue weighted by atomic mass is 10.1. The van der Waals surface area contributed by atoms with Gasteiger partial charge in [-0.2, -0.15) is 0 Å². The van der Waals surface area contributed by atoms with E-state index in [0.717, 1.165) is 0 Å². The second-order valence-electron chi connectivity index (χ2n) is 6.74. The predicted octanol–water partition coefficient (Wildman–Crippen LogP) is 2.16. The quantitative estimate of drug-likeness (QED) is 0.736. The maximum atomic E-state index is 13.8. The summed E-state index contributed by atoms with van der Waals surface area (Å²) < 4.78 is 51.0. The molecule has 8 heteroatoms. The number of amides is 1. The molecule has 1 amide bonds. The van der Waals surface area contributed by atoms with Gasteiger partial charge in [0.2, 0.25) is 0 Å². The molecule has 0 spiro atoms. The van der Waals surface area contributed by atoms with E-state index < -0.39 is 5.92 Å². The van der Waals surface area contributed by atoms with Crippen LogP contribution in [0.25, 0.3) is 0 Å². The van der Waals surface area contributed by atoms with Crippen molar-refractivity contribution < 1.29 is 27.4 Å². The highest BCUT2D eigenvalue weighted by Gasteiger charge is 2.50. The molecule has 0 N–H and O–H groups in total. The molecule has 2 fully saturated rings. The van der Waals surface area contributed by atoms with Crippen LogP contribution in [0.4, 0.5) is 13.2 Å². The fourth-order valence-electron chi connectivity index (χ4n) is 3.39. The molecule has 2 aliphatic heterocycles. The Morgan fingerprint density at radius 3 is 2.62 bits per heavy atom. The molecule has 1 atom stereocenters. The third kappa shape index (κ3) is 4.48. The van der Waals surface area contributed by atoms with Crippen LogP contribution in [-0.4, -0.2) is 73.2 Å². The van der Waals surface area contributed by atoms with Crippen molar-refractivity contribution in [2.24, 2.45) is 0 Å². The van der Waals surface area contributed by atoms with Crippen LogP contribution < -0.4 is 4.74 Å². The first-order valence-corrected chi connectivity index (χ1v) is 8.75. The first kappa shape index (κ1) is 19.0. The molecule has 0 bridgehead atoms. The minimum absolute atomic E-state index is 0.0800. The zero-order chi connectivity index (χ0) is 18.7. The third-order valence-electron chi connectivity index (χ3n) is 4.79. The molecule has 0 aliphatic carbocycles. The molecule has 2 heterocycles. The van der Waals surface area contributed by atoms with Gasteiger partial charge in [0, 0.05) is 38.2 Å². The van der Waals surface area contributed by atoms with Crippen molar-refractivity contribution in [2.75, 3.05) is 39.5 Å². The number of likely N-dealkylation sites (tertiary alicyclic amines) is 2. The zero-order valence-electron chi connectivity index (χ0n) is 14.7. The average Bonchev–Trinajstić information content (AvgIpc) is 2.85. The third-order valence-corrected chi connectivity index (χ3v) is 4.79. The van der Waals surface area contributed by atoms with E-state index in [-0.39, 0.29) is 50.0 Å². The molecule has 0 saturated carbocycles. The van der Waals surface area contributed by atoms with E-state index in [1.165, 1.54) is 24.3 Å². The summed E-state index contributed by atoms with van der Waals surface area (Å²) in [6.07, 6.45) is -0.203. The molecule has 0 unspecified atom stereocenters. The Labute approximate surface area is 150 Å². The van der Waals surface area contributed by atoms with Crippen LogP contribution in [0.15, 0.2) is 24.3 Å². The summed E-state index contributed by atoms with van der Waals surface area (Å²) >= 11 is 0. The van der Waals surface area contributed by atoms with Gasteiger partial charge in [-0.25, -0.2) is 13.2 Å². The van der Waals surface area contributed by atoms with E-state index in [2.05, 4.69) is 0 Å². The van der Waals surface area contributed by atoms with Crippen molar-refractivity contribution in [1.29, 1.82) is 0 Å². The fraction of sp³-hybridized carbons (Fsp3) is 0.611. The maximum Gasteiger partial charge on any atom is 0.262 e. The molecule has 2 aliphatic rings. The van der Waals surface area contributed by atoms with Gasteiger partial charge in [-0.05, 0) is 31.2 Å². The SMILES string of the molecule is CCOC[C@@H]1CC(F)(F)CN1C1CN(C(=O)COc2ccc(F)cc2)C1. The second kappa shape index (κ2) is 7.84. The Balaban J connectivity index is 1.46. The van der Waals surface area contributed by atoms with Crippen LogP contribution >= 0.6 is 0 Å². The van der Waals surface area contributed by atoms with E-state index in [4.69, 9.17) is 9.47 Å². The number of hydrogen-bond acceptors (Lipinski definition) is 4. The number of carbonyl (C=O) groups excluding carboxylic acids is 1. The molecule has 3 rings (SSSR count). The van der Waals surface area contributed by atoms with Crippen molar-refractivity contribution in [1.82, 2.24) is 9.80 Å². The number of ether oxygens (including phenoxy) is 2. The first-order chi connectivity index (χ1) is 12.4. The van der Waals surface area contributed by atoms with Crippen molar-refractivity contribution in [3.8, 4) is 5.75 Å². The van der Waals surface area contributed by atoms with Crippen LogP contribution in [0.3, 0.4) is 0 Å². The van der Waals surface area contributed by atoms with Gasteiger partial charge in [-0.1, -0.05) is 0 Å². The maximum absolute atomic E-state index is 13.8. The Bertz CT molecular complexity index is 621. The predicted molar refractivity (Wildman–Crippen MR) is 88.8 cm³/mol. The van der Waals surface area contributed by atoms with Gasteiger partial charge < -0.3 is 14.4 Å². The van der Waals surface area contributed by atoms with Gasteiger partial charge in [-0.3, -0.25) is 9.69 Å². The molecule has 0 aromatic heterocycles. The number of nitrogens with zero attached hydrogens (tertiary/aromatic N) is 2. The molecule has 1 aromatic carbocycles. The highest BCUT2D eigenvalue weighted by Crippen LogP contribution is 2.35. The van der Waals surface area contributed by atoms with Gasteiger partial charge in [0.05, 0.1) is 13.2 Å². The smallest absolute Gasteiger partial charge is 0.262 e. The molecule has 1 aromatic rings. The number of rotatable bonds is 7. The second-order valence-corrected chi connectivity index (χ2v) is 6.74. The largest absolute Gasteiger partial charge is 0.484 e. The van der Waals surface area contributed by atoms with E-state index >= 15 is 0 Å². The molecule has 0 radical (unpaired) electrons. The average molecular weight is 372 g/mol. The van der Waals surface area contributed by atoms with Gasteiger partial charge in [0.1, 0.15) is 11.6 Å². The molecular weight excluding hydrogens is 349 g/mol. The zero-order valence-corrected chi connectivity index (χ0v) is 14.7. The van der Waals surface area contributed by atoms with Gasteiger partial charge >= 0.3 is 0 Å². The fourth-order valence-corrected chi connectivity index (χ4v) is 3.39. The number of benzene rings is 1. The Kier molecular flexibility index (Phi) is 5.72. The summed E-state index contributed by atoms with van der Waals surface area (Å²) in [6.45, 7) is 2.98. The summed E-state index contributed by atoms with van der Waals surface area (Å²) in [4.78, 5) is 15.5. The van der Waals surface area contributed by atoms with E-state index in [0.29, 0.717) is 25.4 Å². The molecule has 5 nitrogen and oxygen atoms in total. The molecule has 26 heavy (non-hydrogen) atoms. The van der Waals surface area contributed by atoms with Gasteiger partial charge in [0.25, 0.3) is 11.8 Å². The summed E-state index contributed by atoms with van der Waals surface area (Å²) in [7, 11) is 0. The van der Waals surface area contributed by atoms with Crippen LogP contribution in [0.2, 0.25) is 0 Å². The Morgan fingerprint density at radius 2 is 1.96 bits per heavy atom. The summed E-state index contributed by atoms with van der Waals surface area (Å²) in [5, 5.41) is 0. The monoisotopic (exact) mass is 372 g/mol. The van der Waals surface area contributed by atoms with Crippen LogP contribution in [0.5, 0.6) is 5.75 Å². The summed E-state index contributed by atoms with van der Waals surface area (Å²) in [6, 6.07) is 5.02. The number of hydrogen-bond donors (Lipinski definition) is 0. The summed E-state index contributed by atoms with van der Waals surface area (Å²) in [5.41, 5.74) is 0. The van der Waals surface area contributed by atoms with E-state index in [9.17, 15) is 18.0 Å². The van der Waals surface area contributed by atoms with E-state index in [1.807, 2.05) is 6.92 Å². The van der Waals surface area contributed by atoms with Crippen molar-refractivity contribution >= 4 is 5.91 Å². The van der Waals surface area contributed by atoms with Crippen molar-refractivity contribution in [2.45, 2.75) is 31.4 Å². The standard InChI is InChI=1S/C18H23F3N2O3/c1-2-25-10-14-7-18(20,21)12-23(14)15-8-22(9-15)17(24)11-26-16-5-3-13(19)4-6-16/h3-6,14-15H,2,7-12H2,1H3/t14-/m0/s1. The number of halogens is 3. The highest BCUT2D eigenvalue weighted by atomic mass is 19.3. The lowest BCUT2D eigenvalue weighted by Gasteiger charge is -2.45. The lowest BCUT2D eigenvalue weighted by molar-refractivity contribution is -0.141. The van der Waals surface area contributed by atoms with Crippen LogP contribution in [0.1, 0.15) is 13.3 Å². The number of alkyl halides is 2. The van der Waals surface area contributed by atoms with Gasteiger partial charge in [-0.15, -0.1) is 0 Å². The summed E-state index contributed by atoms with van der Waals surface area (Å²) in [5.74, 6) is -2.89. The van der Waals surface area contributed by atoms with Crippen molar-refractivity contribution in [3.05, 3.63) is 30.1 Å². The minimum Gasteiger partial charge on any atom is -0.484 e. The van der Waals surface area contributed by atoms with Crippen molar-refractivity contribution in [3.63, 3.8) is 0 Å². The lowest BCUT2D eigenvalue weighted by Crippen LogP contribution is -2.63. The van der Waals surface area contributed by atoms with Crippen LogP contribution in [-0.2, 0) is 9.53 Å². The molecular formula is C18H23F3N2O3. The van der Waals surface area contributed by atoms with Crippen LogP contribution in [0, 0.1) is 5.82 Å².